The minimum absolute atomic E-state index is 0.00823. The Morgan fingerprint density at radius 2 is 1.57 bits per heavy atom. The second-order valence-electron chi connectivity index (χ2n) is 20.4. The quantitative estimate of drug-likeness (QED) is 0.142. The van der Waals surface area contributed by atoms with Crippen molar-refractivity contribution < 1.29 is 67.5 Å². The van der Waals surface area contributed by atoms with E-state index in [1.165, 1.54) is 0 Å². The average Bonchev–Trinajstić information content (AvgIpc) is 3.90. The molecule has 0 aliphatic carbocycles. The number of aliphatic hydroxyl groups is 2. The Balaban J connectivity index is 1.30. The highest BCUT2D eigenvalue weighted by molar-refractivity contribution is 5.70. The summed E-state index contributed by atoms with van der Waals surface area (Å²) in [5, 5.41) is 31.7. The zero-order valence-electron chi connectivity index (χ0n) is 39.3. The number of hydrogen-bond donors (Lipinski definition) is 3. The predicted molar refractivity (Wildman–Crippen MR) is 226 cm³/mol. The lowest BCUT2D eigenvalue weighted by atomic mass is 9.77. The van der Waals surface area contributed by atoms with E-state index >= 15 is 0 Å². The van der Waals surface area contributed by atoms with Crippen LogP contribution in [0.2, 0.25) is 0 Å². The Bertz CT molecular complexity index is 1440. The first-order valence-electron chi connectivity index (χ1n) is 23.7. The van der Waals surface area contributed by atoms with Crippen molar-refractivity contribution in [3.8, 4) is 0 Å². The first kappa shape index (κ1) is 49.4. The molecule has 0 bridgehead atoms. The molecule has 0 aromatic rings. The number of carboxylic acids is 1. The molecule has 6 rings (SSSR count). The molecule has 3 N–H and O–H groups in total. The standard InChI is InChI=1S/C47H82O14/c1-13-15-32(43(49)50)40(54-12)30(7)39-29(6)35(53-11)24-46(58-39)20-19-44(9,61-46)42-36(56-37-17-16-33(52-10)31(8)55-37)23-45(60-42,18-14-2)41-27(4)22-34(57-41)38-26(3)21-28(5)47(51,25-48)59-38/h26-42,48,51H,13-25H2,1-12H3,(H,49,50). The van der Waals surface area contributed by atoms with E-state index in [0.717, 1.165) is 32.1 Å². The largest absolute Gasteiger partial charge is 0.481 e. The fraction of sp³-hybridized carbons (Fsp3) is 0.979. The summed E-state index contributed by atoms with van der Waals surface area (Å²) < 4.78 is 66.9. The van der Waals surface area contributed by atoms with Gasteiger partial charge in [-0.2, -0.15) is 0 Å². The lowest BCUT2D eigenvalue weighted by molar-refractivity contribution is -0.342. The van der Waals surface area contributed by atoms with E-state index in [9.17, 15) is 20.1 Å². The van der Waals surface area contributed by atoms with E-state index in [1.807, 2.05) is 27.7 Å². The van der Waals surface area contributed by atoms with Crippen LogP contribution in [0.5, 0.6) is 0 Å². The van der Waals surface area contributed by atoms with E-state index < -0.39 is 72.0 Å². The predicted octanol–water partition coefficient (Wildman–Crippen LogP) is 6.63. The van der Waals surface area contributed by atoms with Gasteiger partial charge in [0.1, 0.15) is 6.10 Å². The maximum Gasteiger partial charge on any atom is 0.309 e. The van der Waals surface area contributed by atoms with Crippen LogP contribution in [0.15, 0.2) is 0 Å². The molecule has 6 fully saturated rings. The third-order valence-corrected chi connectivity index (χ3v) is 16.0. The highest BCUT2D eigenvalue weighted by Gasteiger charge is 2.65. The van der Waals surface area contributed by atoms with Gasteiger partial charge >= 0.3 is 5.97 Å². The second-order valence-corrected chi connectivity index (χ2v) is 20.4. The fourth-order valence-electron chi connectivity index (χ4n) is 12.7. The van der Waals surface area contributed by atoms with Crippen LogP contribution in [0.1, 0.15) is 139 Å². The fourth-order valence-corrected chi connectivity index (χ4v) is 12.7. The van der Waals surface area contributed by atoms with E-state index in [1.54, 1.807) is 21.3 Å². The number of hydrogen-bond acceptors (Lipinski definition) is 13. The zero-order chi connectivity index (χ0) is 44.7. The van der Waals surface area contributed by atoms with E-state index in [-0.39, 0.29) is 66.2 Å². The molecule has 0 radical (unpaired) electrons. The summed E-state index contributed by atoms with van der Waals surface area (Å²) in [7, 11) is 5.04. The molecule has 0 amide bonds. The molecule has 6 aliphatic rings. The number of rotatable bonds is 17. The molecule has 14 nitrogen and oxygen atoms in total. The Morgan fingerprint density at radius 1 is 0.852 bits per heavy atom. The third kappa shape index (κ3) is 9.78. The van der Waals surface area contributed by atoms with Gasteiger partial charge in [-0.3, -0.25) is 4.79 Å². The average molecular weight is 871 g/mol. The van der Waals surface area contributed by atoms with Gasteiger partial charge in [0.2, 0.25) is 0 Å². The van der Waals surface area contributed by atoms with Crippen LogP contribution in [-0.2, 0) is 52.2 Å². The molecule has 0 aromatic carbocycles. The summed E-state index contributed by atoms with van der Waals surface area (Å²) in [6, 6.07) is 0. The van der Waals surface area contributed by atoms with Crippen molar-refractivity contribution in [3.63, 3.8) is 0 Å². The van der Waals surface area contributed by atoms with E-state index in [0.29, 0.717) is 44.9 Å². The molecule has 14 heteroatoms. The van der Waals surface area contributed by atoms with Gasteiger partial charge in [-0.1, -0.05) is 61.3 Å². The number of carboxylic acid groups (broad SMARTS) is 1. The van der Waals surface area contributed by atoms with Crippen molar-refractivity contribution in [2.45, 2.75) is 229 Å². The molecule has 6 heterocycles. The monoisotopic (exact) mass is 871 g/mol. The molecule has 6 aliphatic heterocycles. The molecular weight excluding hydrogens is 789 g/mol. The number of ether oxygens (including phenoxy) is 10. The van der Waals surface area contributed by atoms with E-state index in [2.05, 4.69) is 34.6 Å². The van der Waals surface area contributed by atoms with Crippen molar-refractivity contribution in [3.05, 3.63) is 0 Å². The Morgan fingerprint density at radius 3 is 2.18 bits per heavy atom. The van der Waals surface area contributed by atoms with Gasteiger partial charge in [-0.25, -0.2) is 0 Å². The van der Waals surface area contributed by atoms with Crippen LogP contribution >= 0.6 is 0 Å². The van der Waals surface area contributed by atoms with Crippen molar-refractivity contribution in [2.75, 3.05) is 27.9 Å². The van der Waals surface area contributed by atoms with Crippen LogP contribution in [0.4, 0.5) is 0 Å². The molecule has 21 atom stereocenters. The lowest BCUT2D eigenvalue weighted by Crippen LogP contribution is -2.58. The zero-order valence-corrected chi connectivity index (χ0v) is 39.3. The van der Waals surface area contributed by atoms with Gasteiger partial charge in [0.05, 0.1) is 78.7 Å². The number of aliphatic hydroxyl groups excluding tert-OH is 1. The molecular formula is C47H82O14. The highest BCUT2D eigenvalue weighted by atomic mass is 16.7. The molecule has 354 valence electrons. The summed E-state index contributed by atoms with van der Waals surface area (Å²) in [6.07, 6.45) is 4.44. The SMILES string of the molecule is CCCC(C(=O)O)C(OC)C(C)C1OC2(CCC(C)(C3OC(CCC)(C4OC(C5OC(O)(CO)C(C)CC5C)CC4C)CC3OC3CCC(OC)C(C)O3)O2)CC(OC)C1C. The molecule has 21 unspecified atom stereocenters. The summed E-state index contributed by atoms with van der Waals surface area (Å²) in [4.78, 5) is 12.5. The summed E-state index contributed by atoms with van der Waals surface area (Å²) in [5.41, 5.74) is -1.57. The molecule has 61 heavy (non-hydrogen) atoms. The van der Waals surface area contributed by atoms with Gasteiger partial charge < -0.3 is 62.7 Å². The minimum atomic E-state index is -1.62. The van der Waals surface area contributed by atoms with Gasteiger partial charge in [0, 0.05) is 64.8 Å². The maximum absolute atomic E-state index is 12.5. The van der Waals surface area contributed by atoms with E-state index in [4.69, 9.17) is 47.4 Å². The lowest BCUT2D eigenvalue weighted by Gasteiger charge is -2.50. The van der Waals surface area contributed by atoms with Gasteiger partial charge in [-0.15, -0.1) is 0 Å². The van der Waals surface area contributed by atoms with Crippen LogP contribution in [0.25, 0.3) is 0 Å². The van der Waals surface area contributed by atoms with Crippen molar-refractivity contribution in [1.29, 1.82) is 0 Å². The number of carbonyl (C=O) groups is 1. The molecule has 0 aromatic heterocycles. The Kier molecular flexibility index (Phi) is 16.1. The van der Waals surface area contributed by atoms with Crippen LogP contribution in [-0.4, -0.2) is 139 Å². The van der Waals surface area contributed by atoms with Gasteiger partial charge in [0.25, 0.3) is 0 Å². The summed E-state index contributed by atoms with van der Waals surface area (Å²) in [5.74, 6) is -4.46. The van der Waals surface area contributed by atoms with Crippen molar-refractivity contribution in [1.82, 2.24) is 0 Å². The van der Waals surface area contributed by atoms with Crippen molar-refractivity contribution in [2.24, 2.45) is 35.5 Å². The first-order chi connectivity index (χ1) is 28.9. The number of methoxy groups -OCH3 is 3. The topological polar surface area (TPSA) is 170 Å². The smallest absolute Gasteiger partial charge is 0.309 e. The molecule has 1 spiro atoms. The summed E-state index contributed by atoms with van der Waals surface area (Å²) >= 11 is 0. The van der Waals surface area contributed by atoms with Gasteiger partial charge in [0.15, 0.2) is 17.9 Å². The van der Waals surface area contributed by atoms with Crippen molar-refractivity contribution >= 4 is 5.97 Å². The normalized spacial score (nSPS) is 48.4. The van der Waals surface area contributed by atoms with Gasteiger partial charge in [-0.05, 0) is 64.2 Å². The molecule has 6 saturated heterocycles. The first-order valence-corrected chi connectivity index (χ1v) is 23.7. The second kappa shape index (κ2) is 19.8. The van der Waals surface area contributed by atoms with Crippen LogP contribution in [0, 0.1) is 35.5 Å². The maximum atomic E-state index is 12.5. The number of aliphatic carboxylic acids is 1. The molecule has 0 saturated carbocycles. The van der Waals surface area contributed by atoms with Crippen LogP contribution < -0.4 is 0 Å². The highest BCUT2D eigenvalue weighted by Crippen LogP contribution is 2.56. The summed E-state index contributed by atoms with van der Waals surface area (Å²) in [6.45, 7) is 18.3. The third-order valence-electron chi connectivity index (χ3n) is 16.0. The Labute approximate surface area is 365 Å². The Hall–Kier alpha value is -1.01. The van der Waals surface area contributed by atoms with Crippen LogP contribution in [0.3, 0.4) is 0 Å². The minimum Gasteiger partial charge on any atom is -0.481 e.